The summed E-state index contributed by atoms with van der Waals surface area (Å²) in [6, 6.07) is 7.96. The fourth-order valence-corrected chi connectivity index (χ4v) is 1.31. The van der Waals surface area contributed by atoms with Crippen molar-refractivity contribution >= 4 is 12.4 Å². The summed E-state index contributed by atoms with van der Waals surface area (Å²) in [6.07, 6.45) is 5.49. The Kier molecular flexibility index (Phi) is 2.91. The van der Waals surface area contributed by atoms with Crippen LogP contribution in [0.4, 0.5) is 0 Å². The molecule has 16 heavy (non-hydrogen) atoms. The standard InChI is InChI=1S/C12H11N3O/c1-10-4-6-12(7-5-10)15-9-11(13-14-15)3-2-8-16/h2-9H,1H3/b3-2+. The lowest BCUT2D eigenvalue weighted by atomic mass is 10.2. The Balaban J connectivity index is 2.27. The molecule has 4 heteroatoms. The van der Waals surface area contributed by atoms with Gasteiger partial charge in [0.2, 0.25) is 0 Å². The lowest BCUT2D eigenvalue weighted by molar-refractivity contribution is -0.104. The summed E-state index contributed by atoms with van der Waals surface area (Å²) in [5, 5.41) is 7.89. The summed E-state index contributed by atoms with van der Waals surface area (Å²) in [4.78, 5) is 10.2. The van der Waals surface area contributed by atoms with E-state index in [0.29, 0.717) is 12.0 Å². The van der Waals surface area contributed by atoms with E-state index in [1.54, 1.807) is 17.0 Å². The van der Waals surface area contributed by atoms with E-state index in [2.05, 4.69) is 10.3 Å². The zero-order valence-corrected chi connectivity index (χ0v) is 8.87. The van der Waals surface area contributed by atoms with E-state index in [-0.39, 0.29) is 0 Å². The molecule has 80 valence electrons. The van der Waals surface area contributed by atoms with Gasteiger partial charge < -0.3 is 0 Å². The highest BCUT2D eigenvalue weighted by Crippen LogP contribution is 2.08. The van der Waals surface area contributed by atoms with Gasteiger partial charge in [0.15, 0.2) is 0 Å². The van der Waals surface area contributed by atoms with Crippen LogP contribution in [-0.4, -0.2) is 21.3 Å². The number of carbonyl (C=O) groups is 1. The highest BCUT2D eigenvalue weighted by atomic mass is 16.1. The van der Waals surface area contributed by atoms with Crippen molar-refractivity contribution in [1.29, 1.82) is 0 Å². The van der Waals surface area contributed by atoms with Gasteiger partial charge in [0.25, 0.3) is 0 Å². The van der Waals surface area contributed by atoms with Gasteiger partial charge in [-0.2, -0.15) is 0 Å². The number of hydrogen-bond donors (Lipinski definition) is 0. The summed E-state index contributed by atoms with van der Waals surface area (Å²) in [5.41, 5.74) is 2.81. The number of aldehydes is 1. The summed E-state index contributed by atoms with van der Waals surface area (Å²) >= 11 is 0. The molecule has 0 fully saturated rings. The molecular weight excluding hydrogens is 202 g/mol. The largest absolute Gasteiger partial charge is 0.299 e. The monoisotopic (exact) mass is 213 g/mol. The topological polar surface area (TPSA) is 47.8 Å². The Labute approximate surface area is 93.2 Å². The molecule has 4 nitrogen and oxygen atoms in total. The molecular formula is C12H11N3O. The predicted octanol–water partition coefficient (Wildman–Crippen LogP) is 1.79. The molecule has 0 unspecified atom stereocenters. The third kappa shape index (κ3) is 2.23. The highest BCUT2D eigenvalue weighted by molar-refractivity contribution is 5.72. The molecule has 1 aromatic heterocycles. The van der Waals surface area contributed by atoms with Crippen molar-refractivity contribution in [3.8, 4) is 5.69 Å². The lowest BCUT2D eigenvalue weighted by Gasteiger charge is -1.99. The van der Waals surface area contributed by atoms with Gasteiger partial charge in [0, 0.05) is 0 Å². The number of rotatable bonds is 3. The van der Waals surface area contributed by atoms with E-state index in [4.69, 9.17) is 0 Å². The van der Waals surface area contributed by atoms with Crippen molar-refractivity contribution in [2.75, 3.05) is 0 Å². The van der Waals surface area contributed by atoms with Gasteiger partial charge in [-0.1, -0.05) is 22.9 Å². The normalized spacial score (nSPS) is 10.8. The van der Waals surface area contributed by atoms with Gasteiger partial charge in [0.1, 0.15) is 12.0 Å². The Morgan fingerprint density at radius 3 is 2.69 bits per heavy atom. The van der Waals surface area contributed by atoms with Crippen LogP contribution < -0.4 is 0 Å². The number of hydrogen-bond acceptors (Lipinski definition) is 3. The molecule has 0 aliphatic carbocycles. The fraction of sp³-hybridized carbons (Fsp3) is 0.0833. The molecule has 0 radical (unpaired) electrons. The Morgan fingerprint density at radius 2 is 2.00 bits per heavy atom. The molecule has 0 N–H and O–H groups in total. The van der Waals surface area contributed by atoms with Crippen molar-refractivity contribution in [3.63, 3.8) is 0 Å². The van der Waals surface area contributed by atoms with Gasteiger partial charge in [-0.05, 0) is 31.2 Å². The van der Waals surface area contributed by atoms with Crippen molar-refractivity contribution in [3.05, 3.63) is 47.8 Å². The predicted molar refractivity (Wildman–Crippen MR) is 61.2 cm³/mol. The summed E-state index contributed by atoms with van der Waals surface area (Å²) in [5.74, 6) is 0. The van der Waals surface area contributed by atoms with Crippen LogP contribution in [0.1, 0.15) is 11.3 Å². The Morgan fingerprint density at radius 1 is 1.25 bits per heavy atom. The number of benzene rings is 1. The van der Waals surface area contributed by atoms with E-state index in [1.807, 2.05) is 31.2 Å². The first-order chi connectivity index (χ1) is 7.79. The third-order valence-corrected chi connectivity index (χ3v) is 2.16. The van der Waals surface area contributed by atoms with Crippen LogP contribution >= 0.6 is 0 Å². The van der Waals surface area contributed by atoms with Crippen molar-refractivity contribution in [1.82, 2.24) is 15.0 Å². The molecule has 0 aliphatic rings. The number of aromatic nitrogens is 3. The van der Waals surface area contributed by atoms with Crippen LogP contribution in [-0.2, 0) is 4.79 Å². The molecule has 0 aliphatic heterocycles. The molecule has 0 atom stereocenters. The number of allylic oxidation sites excluding steroid dienone is 1. The second kappa shape index (κ2) is 4.53. The van der Waals surface area contributed by atoms with Crippen LogP contribution in [0.25, 0.3) is 11.8 Å². The maximum Gasteiger partial charge on any atom is 0.142 e. The van der Waals surface area contributed by atoms with E-state index in [0.717, 1.165) is 5.69 Å². The number of nitrogens with zero attached hydrogens (tertiary/aromatic N) is 3. The maximum absolute atomic E-state index is 10.2. The van der Waals surface area contributed by atoms with Crippen LogP contribution in [0, 0.1) is 6.92 Å². The fourth-order valence-electron chi connectivity index (χ4n) is 1.31. The van der Waals surface area contributed by atoms with E-state index in [9.17, 15) is 4.79 Å². The molecule has 0 saturated heterocycles. The van der Waals surface area contributed by atoms with Crippen molar-refractivity contribution in [2.45, 2.75) is 6.92 Å². The van der Waals surface area contributed by atoms with Gasteiger partial charge in [-0.25, -0.2) is 4.68 Å². The summed E-state index contributed by atoms with van der Waals surface area (Å²) in [6.45, 7) is 2.03. The van der Waals surface area contributed by atoms with Crippen LogP contribution in [0.5, 0.6) is 0 Å². The summed E-state index contributed by atoms with van der Waals surface area (Å²) < 4.78 is 1.67. The molecule has 0 amide bonds. The van der Waals surface area contributed by atoms with Crippen LogP contribution in [0.15, 0.2) is 36.5 Å². The second-order valence-corrected chi connectivity index (χ2v) is 3.42. The third-order valence-electron chi connectivity index (χ3n) is 2.16. The molecule has 2 rings (SSSR count). The number of aryl methyl sites for hydroxylation is 1. The van der Waals surface area contributed by atoms with E-state index in [1.165, 1.54) is 11.6 Å². The zero-order valence-electron chi connectivity index (χ0n) is 8.87. The molecule has 0 bridgehead atoms. The SMILES string of the molecule is Cc1ccc(-n2cc(/C=C/C=O)nn2)cc1. The minimum absolute atomic E-state index is 0.660. The summed E-state index contributed by atoms with van der Waals surface area (Å²) in [7, 11) is 0. The van der Waals surface area contributed by atoms with E-state index >= 15 is 0 Å². The molecule has 1 heterocycles. The highest BCUT2D eigenvalue weighted by Gasteiger charge is 1.99. The molecule has 2 aromatic rings. The van der Waals surface area contributed by atoms with Gasteiger partial charge in [-0.15, -0.1) is 5.10 Å². The Hall–Kier alpha value is -2.23. The van der Waals surface area contributed by atoms with Crippen molar-refractivity contribution in [2.24, 2.45) is 0 Å². The van der Waals surface area contributed by atoms with Gasteiger partial charge in [-0.3, -0.25) is 4.79 Å². The molecule has 0 saturated carbocycles. The minimum Gasteiger partial charge on any atom is -0.299 e. The van der Waals surface area contributed by atoms with Crippen LogP contribution in [0.3, 0.4) is 0 Å². The number of carbonyl (C=O) groups excluding carboxylic acids is 1. The maximum atomic E-state index is 10.2. The zero-order chi connectivity index (χ0) is 11.4. The van der Waals surface area contributed by atoms with Gasteiger partial charge in [0.05, 0.1) is 11.9 Å². The molecule has 1 aromatic carbocycles. The first-order valence-corrected chi connectivity index (χ1v) is 4.91. The minimum atomic E-state index is 0.660. The van der Waals surface area contributed by atoms with Crippen molar-refractivity contribution < 1.29 is 4.79 Å². The molecule has 0 spiro atoms. The van der Waals surface area contributed by atoms with E-state index < -0.39 is 0 Å². The Bertz CT molecular complexity index is 511. The van der Waals surface area contributed by atoms with Gasteiger partial charge >= 0.3 is 0 Å². The first-order valence-electron chi connectivity index (χ1n) is 4.91. The average Bonchev–Trinajstić information content (AvgIpc) is 2.76. The average molecular weight is 213 g/mol. The lowest BCUT2D eigenvalue weighted by Crippen LogP contribution is -1.94. The first kappa shape index (κ1) is 10.3. The van der Waals surface area contributed by atoms with Crippen LogP contribution in [0.2, 0.25) is 0 Å². The quantitative estimate of drug-likeness (QED) is 0.577. The smallest absolute Gasteiger partial charge is 0.142 e. The second-order valence-electron chi connectivity index (χ2n) is 3.42.